The Morgan fingerprint density at radius 3 is 2.39 bits per heavy atom. The van der Waals surface area contributed by atoms with Crippen LogP contribution < -0.4 is 10.1 Å². The molecular weight excluding hydrogens is 226 g/mol. The molecule has 1 rings (SSSR count). The number of nitrogens with one attached hydrogen (secondary N) is 1. The van der Waals surface area contributed by atoms with E-state index in [1.807, 2.05) is 12.1 Å². The maximum Gasteiger partial charge on any atom is 0.118 e. The van der Waals surface area contributed by atoms with E-state index in [1.54, 1.807) is 7.11 Å². The molecule has 0 heterocycles. The van der Waals surface area contributed by atoms with Crippen molar-refractivity contribution in [1.29, 1.82) is 0 Å². The van der Waals surface area contributed by atoms with Crippen LogP contribution >= 0.6 is 0 Å². The van der Waals surface area contributed by atoms with E-state index in [0.717, 1.165) is 38.3 Å². The molecule has 0 aliphatic rings. The molecule has 0 aliphatic carbocycles. The Morgan fingerprint density at radius 2 is 1.83 bits per heavy atom. The van der Waals surface area contributed by atoms with Gasteiger partial charge in [0.05, 0.1) is 19.8 Å². The zero-order valence-corrected chi connectivity index (χ0v) is 11.7. The highest BCUT2D eigenvalue weighted by molar-refractivity contribution is 5.29. The molecule has 0 saturated carbocycles. The van der Waals surface area contributed by atoms with Gasteiger partial charge >= 0.3 is 0 Å². The topological polar surface area (TPSA) is 30.5 Å². The van der Waals surface area contributed by atoms with Gasteiger partial charge in [-0.25, -0.2) is 0 Å². The number of hydrogen-bond acceptors (Lipinski definition) is 3. The minimum atomic E-state index is 0.266. The van der Waals surface area contributed by atoms with Crippen LogP contribution in [0.1, 0.15) is 38.3 Å². The van der Waals surface area contributed by atoms with Crippen LogP contribution in [0.15, 0.2) is 24.3 Å². The molecule has 1 N–H and O–H groups in total. The van der Waals surface area contributed by atoms with Gasteiger partial charge < -0.3 is 14.8 Å². The minimum absolute atomic E-state index is 0.266. The van der Waals surface area contributed by atoms with Crippen molar-refractivity contribution in [2.75, 3.05) is 26.9 Å². The Balaban J connectivity index is 2.60. The van der Waals surface area contributed by atoms with Crippen molar-refractivity contribution in [1.82, 2.24) is 5.32 Å². The Labute approximate surface area is 110 Å². The van der Waals surface area contributed by atoms with Crippen LogP contribution in [-0.4, -0.2) is 26.9 Å². The average molecular weight is 251 g/mol. The monoisotopic (exact) mass is 251 g/mol. The first kappa shape index (κ1) is 15.0. The molecule has 1 aromatic carbocycles. The largest absolute Gasteiger partial charge is 0.497 e. The number of ether oxygens (including phenoxy) is 2. The lowest BCUT2D eigenvalue weighted by Gasteiger charge is -2.19. The predicted molar refractivity (Wildman–Crippen MR) is 75.1 cm³/mol. The highest BCUT2D eigenvalue weighted by atomic mass is 16.5. The molecular formula is C15H25NO2. The molecule has 1 aromatic rings. The fourth-order valence-electron chi connectivity index (χ4n) is 1.77. The van der Waals surface area contributed by atoms with E-state index in [2.05, 4.69) is 31.3 Å². The van der Waals surface area contributed by atoms with E-state index in [1.165, 1.54) is 5.56 Å². The summed E-state index contributed by atoms with van der Waals surface area (Å²) >= 11 is 0. The third kappa shape index (κ3) is 5.07. The van der Waals surface area contributed by atoms with Crippen molar-refractivity contribution in [2.24, 2.45) is 0 Å². The quantitative estimate of drug-likeness (QED) is 0.684. The van der Waals surface area contributed by atoms with Crippen molar-refractivity contribution in [3.63, 3.8) is 0 Å². The van der Waals surface area contributed by atoms with Gasteiger partial charge in [0.2, 0.25) is 0 Å². The van der Waals surface area contributed by atoms with Crippen molar-refractivity contribution in [3.8, 4) is 5.75 Å². The van der Waals surface area contributed by atoms with E-state index >= 15 is 0 Å². The van der Waals surface area contributed by atoms with Gasteiger partial charge in [-0.15, -0.1) is 0 Å². The first-order valence-electron chi connectivity index (χ1n) is 6.76. The summed E-state index contributed by atoms with van der Waals surface area (Å²) < 4.78 is 10.8. The van der Waals surface area contributed by atoms with Crippen LogP contribution in [0, 0.1) is 0 Å². The summed E-state index contributed by atoms with van der Waals surface area (Å²) in [4.78, 5) is 0. The second kappa shape index (κ2) is 8.95. The van der Waals surface area contributed by atoms with E-state index < -0.39 is 0 Å². The van der Waals surface area contributed by atoms with E-state index in [4.69, 9.17) is 9.47 Å². The smallest absolute Gasteiger partial charge is 0.118 e. The summed E-state index contributed by atoms with van der Waals surface area (Å²) in [5.41, 5.74) is 1.25. The van der Waals surface area contributed by atoms with Crippen LogP contribution in [0.2, 0.25) is 0 Å². The van der Waals surface area contributed by atoms with Crippen LogP contribution in [0.25, 0.3) is 0 Å². The molecule has 3 heteroatoms. The Morgan fingerprint density at radius 1 is 1.11 bits per heavy atom. The van der Waals surface area contributed by atoms with Crippen molar-refractivity contribution >= 4 is 0 Å². The van der Waals surface area contributed by atoms with E-state index in [9.17, 15) is 0 Å². The molecule has 0 aromatic heterocycles. The fourth-order valence-corrected chi connectivity index (χ4v) is 1.77. The minimum Gasteiger partial charge on any atom is -0.497 e. The second-order valence-electron chi connectivity index (χ2n) is 4.35. The standard InChI is InChI=1S/C15H25NO2/c1-4-10-16-15(12-18-11-5-2)13-6-8-14(17-3)9-7-13/h6-9,15-16H,4-5,10-12H2,1-3H3. The summed E-state index contributed by atoms with van der Waals surface area (Å²) in [5, 5.41) is 3.52. The molecule has 0 aliphatic heterocycles. The second-order valence-corrected chi connectivity index (χ2v) is 4.35. The lowest BCUT2D eigenvalue weighted by Crippen LogP contribution is -2.26. The Kier molecular flexibility index (Phi) is 7.46. The Bertz CT molecular complexity index is 311. The summed E-state index contributed by atoms with van der Waals surface area (Å²) in [7, 11) is 1.69. The van der Waals surface area contributed by atoms with Crippen molar-refractivity contribution < 1.29 is 9.47 Å². The predicted octanol–water partition coefficient (Wildman–Crippen LogP) is 3.16. The van der Waals surface area contributed by atoms with Gasteiger partial charge in [-0.05, 0) is 37.1 Å². The highest BCUT2D eigenvalue weighted by Crippen LogP contribution is 2.18. The molecule has 0 spiro atoms. The number of hydrogen-bond donors (Lipinski definition) is 1. The molecule has 102 valence electrons. The summed E-state index contributed by atoms with van der Waals surface area (Å²) in [5.74, 6) is 0.891. The molecule has 1 unspecified atom stereocenters. The summed E-state index contributed by atoms with van der Waals surface area (Å²) in [6.45, 7) is 6.85. The number of rotatable bonds is 9. The maximum atomic E-state index is 5.66. The van der Waals surface area contributed by atoms with Gasteiger partial charge in [0.15, 0.2) is 0 Å². The normalized spacial score (nSPS) is 12.4. The maximum absolute atomic E-state index is 5.66. The molecule has 0 radical (unpaired) electrons. The van der Waals surface area contributed by atoms with E-state index in [-0.39, 0.29) is 6.04 Å². The van der Waals surface area contributed by atoms with Crippen molar-refractivity contribution in [2.45, 2.75) is 32.7 Å². The lowest BCUT2D eigenvalue weighted by atomic mass is 10.1. The highest BCUT2D eigenvalue weighted by Gasteiger charge is 2.10. The third-order valence-electron chi connectivity index (χ3n) is 2.79. The third-order valence-corrected chi connectivity index (χ3v) is 2.79. The molecule has 0 bridgehead atoms. The van der Waals surface area contributed by atoms with Crippen LogP contribution in [0.5, 0.6) is 5.75 Å². The zero-order valence-electron chi connectivity index (χ0n) is 11.7. The molecule has 0 amide bonds. The fraction of sp³-hybridized carbons (Fsp3) is 0.600. The molecule has 1 atom stereocenters. The molecule has 0 saturated heterocycles. The molecule has 0 fully saturated rings. The summed E-state index contributed by atoms with van der Waals surface area (Å²) in [6.07, 6.45) is 2.18. The van der Waals surface area contributed by atoms with Gasteiger partial charge in [0, 0.05) is 6.61 Å². The summed E-state index contributed by atoms with van der Waals surface area (Å²) in [6, 6.07) is 8.46. The van der Waals surface area contributed by atoms with Gasteiger partial charge in [-0.2, -0.15) is 0 Å². The average Bonchev–Trinajstić information content (AvgIpc) is 2.43. The molecule has 18 heavy (non-hydrogen) atoms. The number of benzene rings is 1. The van der Waals surface area contributed by atoms with E-state index in [0.29, 0.717) is 0 Å². The van der Waals surface area contributed by atoms with Crippen molar-refractivity contribution in [3.05, 3.63) is 29.8 Å². The van der Waals surface area contributed by atoms with Crippen LogP contribution in [0.4, 0.5) is 0 Å². The SMILES string of the molecule is CCCNC(COCCC)c1ccc(OC)cc1. The molecule has 3 nitrogen and oxygen atoms in total. The number of methoxy groups -OCH3 is 1. The zero-order chi connectivity index (χ0) is 13.2. The van der Waals surface area contributed by atoms with Gasteiger partial charge in [0.25, 0.3) is 0 Å². The first-order chi connectivity index (χ1) is 8.81. The first-order valence-corrected chi connectivity index (χ1v) is 6.76. The lowest BCUT2D eigenvalue weighted by molar-refractivity contribution is 0.112. The van der Waals surface area contributed by atoms with Gasteiger partial charge in [-0.3, -0.25) is 0 Å². The van der Waals surface area contributed by atoms with Gasteiger partial charge in [0.1, 0.15) is 5.75 Å². The van der Waals surface area contributed by atoms with Crippen LogP contribution in [0.3, 0.4) is 0 Å². The van der Waals surface area contributed by atoms with Gasteiger partial charge in [-0.1, -0.05) is 26.0 Å². The Hall–Kier alpha value is -1.06. The van der Waals surface area contributed by atoms with Crippen LogP contribution in [-0.2, 0) is 4.74 Å².